The lowest BCUT2D eigenvalue weighted by molar-refractivity contribution is 0.0738. The maximum Gasteiger partial charge on any atom is 0.264 e. The standard InChI is InChI=1S/C18H23N3O2S/c1-11-16(18(23-3)20(2)19-11)13-7-5-9-21(13)17(22)15-10-12-6-4-8-14(12)24-15/h10,13H,4-9H2,1-3H3/t13-/m0/s1. The van der Waals surface area contributed by atoms with E-state index in [4.69, 9.17) is 4.74 Å². The van der Waals surface area contributed by atoms with E-state index >= 15 is 0 Å². The van der Waals surface area contributed by atoms with Crippen molar-refractivity contribution < 1.29 is 9.53 Å². The van der Waals surface area contributed by atoms with E-state index in [2.05, 4.69) is 11.2 Å². The van der Waals surface area contributed by atoms with Crippen LogP contribution in [0.5, 0.6) is 5.88 Å². The molecule has 2 aliphatic rings. The van der Waals surface area contributed by atoms with Crippen LogP contribution in [0.25, 0.3) is 0 Å². The average molecular weight is 345 g/mol. The first-order valence-electron chi connectivity index (χ1n) is 8.60. The Kier molecular flexibility index (Phi) is 3.87. The molecular weight excluding hydrogens is 322 g/mol. The van der Waals surface area contributed by atoms with Crippen molar-refractivity contribution >= 4 is 17.2 Å². The molecule has 0 bridgehead atoms. The Morgan fingerprint density at radius 3 is 2.96 bits per heavy atom. The molecule has 0 aromatic carbocycles. The van der Waals surface area contributed by atoms with E-state index in [1.807, 2.05) is 18.9 Å². The van der Waals surface area contributed by atoms with Crippen LogP contribution in [0.4, 0.5) is 0 Å². The highest BCUT2D eigenvalue weighted by Crippen LogP contribution is 2.40. The Bertz CT molecular complexity index is 771. The molecule has 0 unspecified atom stereocenters. The summed E-state index contributed by atoms with van der Waals surface area (Å²) in [6.45, 7) is 2.81. The summed E-state index contributed by atoms with van der Waals surface area (Å²) in [5, 5.41) is 4.49. The molecule has 4 rings (SSSR count). The van der Waals surface area contributed by atoms with Gasteiger partial charge in [-0.2, -0.15) is 5.10 Å². The molecule has 1 atom stereocenters. The number of carbonyl (C=O) groups excluding carboxylic acids is 1. The lowest BCUT2D eigenvalue weighted by atomic mass is 10.0. The number of aromatic nitrogens is 2. The summed E-state index contributed by atoms with van der Waals surface area (Å²) < 4.78 is 7.33. The largest absolute Gasteiger partial charge is 0.481 e. The second-order valence-electron chi connectivity index (χ2n) is 6.70. The average Bonchev–Trinajstić information content (AvgIpc) is 3.27. The molecule has 1 aliphatic carbocycles. The molecule has 2 aromatic rings. The highest BCUT2D eigenvalue weighted by molar-refractivity contribution is 7.14. The van der Waals surface area contributed by atoms with Gasteiger partial charge in [-0.3, -0.25) is 4.79 Å². The zero-order chi connectivity index (χ0) is 16.8. The molecule has 24 heavy (non-hydrogen) atoms. The summed E-state index contributed by atoms with van der Waals surface area (Å²) >= 11 is 1.69. The third-order valence-corrected chi connectivity index (χ3v) is 6.44. The first-order valence-corrected chi connectivity index (χ1v) is 9.42. The number of rotatable bonds is 3. The molecule has 1 fully saturated rings. The van der Waals surface area contributed by atoms with Crippen LogP contribution in [0.3, 0.4) is 0 Å². The summed E-state index contributed by atoms with van der Waals surface area (Å²) in [4.78, 5) is 17.4. The van der Waals surface area contributed by atoms with Gasteiger partial charge in [-0.1, -0.05) is 0 Å². The van der Waals surface area contributed by atoms with Crippen LogP contribution in [0.2, 0.25) is 0 Å². The zero-order valence-corrected chi connectivity index (χ0v) is 15.3. The molecule has 5 nitrogen and oxygen atoms in total. The fourth-order valence-corrected chi connectivity index (χ4v) is 5.37. The number of ether oxygens (including phenoxy) is 1. The molecule has 1 aliphatic heterocycles. The van der Waals surface area contributed by atoms with Crippen LogP contribution in [0.15, 0.2) is 6.07 Å². The van der Waals surface area contributed by atoms with Crippen LogP contribution >= 0.6 is 11.3 Å². The highest BCUT2D eigenvalue weighted by atomic mass is 32.1. The van der Waals surface area contributed by atoms with Gasteiger partial charge in [-0.15, -0.1) is 11.3 Å². The maximum atomic E-state index is 13.1. The zero-order valence-electron chi connectivity index (χ0n) is 14.5. The molecular formula is C18H23N3O2S. The molecule has 0 N–H and O–H groups in total. The van der Waals surface area contributed by atoms with Gasteiger partial charge in [-0.05, 0) is 50.7 Å². The summed E-state index contributed by atoms with van der Waals surface area (Å²) in [6, 6.07) is 2.19. The van der Waals surface area contributed by atoms with Gasteiger partial charge in [0.2, 0.25) is 5.88 Å². The van der Waals surface area contributed by atoms with Gasteiger partial charge >= 0.3 is 0 Å². The third-order valence-electron chi connectivity index (χ3n) is 5.21. The van der Waals surface area contributed by atoms with Crippen LogP contribution < -0.4 is 4.74 Å². The van der Waals surface area contributed by atoms with E-state index in [0.29, 0.717) is 0 Å². The quantitative estimate of drug-likeness (QED) is 0.858. The Balaban J connectivity index is 1.66. The lowest BCUT2D eigenvalue weighted by Crippen LogP contribution is -2.30. The normalized spacial score (nSPS) is 19.8. The second-order valence-corrected chi connectivity index (χ2v) is 7.84. The number of hydrogen-bond acceptors (Lipinski definition) is 4. The van der Waals surface area contributed by atoms with Gasteiger partial charge in [0.05, 0.1) is 29.3 Å². The van der Waals surface area contributed by atoms with Crippen LogP contribution in [-0.2, 0) is 19.9 Å². The SMILES string of the molecule is COc1c([C@@H]2CCCN2C(=O)c2cc3c(s2)CCC3)c(C)nn1C. The topological polar surface area (TPSA) is 47.4 Å². The molecule has 1 saturated heterocycles. The van der Waals surface area contributed by atoms with Gasteiger partial charge < -0.3 is 9.64 Å². The minimum atomic E-state index is 0.0677. The van der Waals surface area contributed by atoms with Crippen molar-refractivity contribution in [2.24, 2.45) is 7.05 Å². The highest BCUT2D eigenvalue weighted by Gasteiger charge is 2.36. The third kappa shape index (κ3) is 2.35. The Labute approximate surface area is 146 Å². The number of amides is 1. The van der Waals surface area contributed by atoms with E-state index < -0.39 is 0 Å². The molecule has 6 heteroatoms. The monoisotopic (exact) mass is 345 g/mol. The van der Waals surface area contributed by atoms with Gasteiger partial charge in [0.25, 0.3) is 5.91 Å². The van der Waals surface area contributed by atoms with Crippen LogP contribution in [0, 0.1) is 6.92 Å². The first kappa shape index (κ1) is 15.7. The van der Waals surface area contributed by atoms with Gasteiger partial charge in [0, 0.05) is 18.5 Å². The van der Waals surface area contributed by atoms with E-state index in [9.17, 15) is 4.79 Å². The molecule has 1 amide bonds. The molecule has 0 saturated carbocycles. The Hall–Kier alpha value is -1.82. The van der Waals surface area contributed by atoms with Gasteiger partial charge in [0.15, 0.2) is 0 Å². The Morgan fingerprint density at radius 1 is 1.38 bits per heavy atom. The summed E-state index contributed by atoms with van der Waals surface area (Å²) in [7, 11) is 3.56. The van der Waals surface area contributed by atoms with Gasteiger partial charge in [-0.25, -0.2) is 4.68 Å². The first-order chi connectivity index (χ1) is 11.6. The maximum absolute atomic E-state index is 13.1. The molecule has 2 aromatic heterocycles. The smallest absolute Gasteiger partial charge is 0.264 e. The number of aryl methyl sites for hydroxylation is 4. The molecule has 3 heterocycles. The summed E-state index contributed by atoms with van der Waals surface area (Å²) in [5.74, 6) is 0.938. The van der Waals surface area contributed by atoms with E-state index in [0.717, 1.165) is 54.2 Å². The van der Waals surface area contributed by atoms with Crippen LogP contribution in [-0.4, -0.2) is 34.2 Å². The predicted octanol–water partition coefficient (Wildman–Crippen LogP) is 3.26. The van der Waals surface area contributed by atoms with Crippen LogP contribution in [0.1, 0.15) is 56.7 Å². The minimum absolute atomic E-state index is 0.0677. The number of hydrogen-bond donors (Lipinski definition) is 0. The molecule has 0 radical (unpaired) electrons. The van der Waals surface area contributed by atoms with E-state index in [1.54, 1.807) is 23.1 Å². The van der Waals surface area contributed by atoms with Crippen molar-refractivity contribution in [1.29, 1.82) is 0 Å². The second kappa shape index (κ2) is 5.92. The molecule has 128 valence electrons. The lowest BCUT2D eigenvalue weighted by Gasteiger charge is -2.24. The number of carbonyl (C=O) groups is 1. The van der Waals surface area contributed by atoms with E-state index in [1.165, 1.54) is 16.9 Å². The fourth-order valence-electron chi connectivity index (χ4n) is 4.16. The van der Waals surface area contributed by atoms with Crippen molar-refractivity contribution in [2.75, 3.05) is 13.7 Å². The Morgan fingerprint density at radius 2 is 2.21 bits per heavy atom. The summed E-state index contributed by atoms with van der Waals surface area (Å²) in [5.41, 5.74) is 3.40. The van der Waals surface area contributed by atoms with Crippen molar-refractivity contribution in [2.45, 2.75) is 45.1 Å². The molecule has 0 spiro atoms. The fraction of sp³-hybridized carbons (Fsp3) is 0.556. The van der Waals surface area contributed by atoms with E-state index in [-0.39, 0.29) is 11.9 Å². The number of methoxy groups -OCH3 is 1. The van der Waals surface area contributed by atoms with Crippen molar-refractivity contribution in [3.8, 4) is 5.88 Å². The number of likely N-dealkylation sites (tertiary alicyclic amines) is 1. The van der Waals surface area contributed by atoms with Crippen molar-refractivity contribution in [3.05, 3.63) is 32.6 Å². The van der Waals surface area contributed by atoms with Crippen molar-refractivity contribution in [3.63, 3.8) is 0 Å². The number of fused-ring (bicyclic) bond motifs is 1. The van der Waals surface area contributed by atoms with Gasteiger partial charge in [0.1, 0.15) is 0 Å². The number of nitrogens with zero attached hydrogens (tertiary/aromatic N) is 3. The number of thiophene rings is 1. The summed E-state index contributed by atoms with van der Waals surface area (Å²) in [6.07, 6.45) is 5.48. The predicted molar refractivity (Wildman–Crippen MR) is 93.9 cm³/mol. The minimum Gasteiger partial charge on any atom is -0.481 e. The van der Waals surface area contributed by atoms with Crippen molar-refractivity contribution in [1.82, 2.24) is 14.7 Å².